The number of aromatic amines is 1. The van der Waals surface area contributed by atoms with Crippen LogP contribution in [0.3, 0.4) is 0 Å². The van der Waals surface area contributed by atoms with Crippen LogP contribution in [0.4, 0.5) is 0 Å². The fourth-order valence-corrected chi connectivity index (χ4v) is 4.91. The second-order valence-electron chi connectivity index (χ2n) is 7.98. The van der Waals surface area contributed by atoms with Crippen molar-refractivity contribution in [1.29, 1.82) is 0 Å². The molecule has 0 spiro atoms. The van der Waals surface area contributed by atoms with Crippen molar-refractivity contribution in [2.75, 3.05) is 6.54 Å². The Morgan fingerprint density at radius 3 is 2.85 bits per heavy atom. The topological polar surface area (TPSA) is 48.0 Å². The van der Waals surface area contributed by atoms with Crippen molar-refractivity contribution in [3.63, 3.8) is 0 Å². The average Bonchev–Trinajstić information content (AvgIpc) is 3.06. The van der Waals surface area contributed by atoms with E-state index in [2.05, 4.69) is 46.7 Å². The minimum atomic E-state index is 0.356. The number of hydrogen-bond donors (Lipinski definition) is 3. The summed E-state index contributed by atoms with van der Waals surface area (Å²) in [5.74, 6) is 1.02. The molecule has 5 rings (SSSR count). The van der Waals surface area contributed by atoms with Crippen LogP contribution in [0.25, 0.3) is 16.5 Å². The second kappa shape index (κ2) is 6.90. The van der Waals surface area contributed by atoms with E-state index < -0.39 is 0 Å². The summed E-state index contributed by atoms with van der Waals surface area (Å²) >= 11 is 0. The van der Waals surface area contributed by atoms with Gasteiger partial charge >= 0.3 is 0 Å². The summed E-state index contributed by atoms with van der Waals surface area (Å²) in [5.41, 5.74) is 6.74. The van der Waals surface area contributed by atoms with Crippen LogP contribution in [-0.4, -0.2) is 22.7 Å². The summed E-state index contributed by atoms with van der Waals surface area (Å²) in [6.07, 6.45) is 8.13. The molecule has 2 aromatic carbocycles. The number of rotatable bonds is 3. The molecule has 1 aliphatic heterocycles. The highest BCUT2D eigenvalue weighted by molar-refractivity contribution is 5.86. The van der Waals surface area contributed by atoms with Crippen molar-refractivity contribution in [1.82, 2.24) is 10.3 Å². The Morgan fingerprint density at radius 2 is 1.96 bits per heavy atom. The molecule has 3 nitrogen and oxygen atoms in total. The highest BCUT2D eigenvalue weighted by atomic mass is 16.3. The summed E-state index contributed by atoms with van der Waals surface area (Å²) < 4.78 is 0. The summed E-state index contributed by atoms with van der Waals surface area (Å²) in [7, 11) is 0. The Bertz CT molecular complexity index is 986. The predicted octanol–water partition coefficient (Wildman–Crippen LogP) is 4.81. The number of fused-ring (bicyclic) bond motifs is 3. The molecule has 1 aromatic heterocycles. The number of nitrogens with one attached hydrogen (secondary N) is 2. The van der Waals surface area contributed by atoms with Crippen molar-refractivity contribution in [2.24, 2.45) is 5.92 Å². The van der Waals surface area contributed by atoms with Crippen molar-refractivity contribution in [3.05, 3.63) is 71.4 Å². The van der Waals surface area contributed by atoms with Crippen LogP contribution < -0.4 is 5.32 Å². The van der Waals surface area contributed by atoms with E-state index in [1.165, 1.54) is 40.6 Å². The minimum absolute atomic E-state index is 0.356. The first kappa shape index (κ1) is 16.6. The summed E-state index contributed by atoms with van der Waals surface area (Å²) in [6.45, 7) is 1.07. The van der Waals surface area contributed by atoms with Gasteiger partial charge in [0.2, 0.25) is 0 Å². The standard InChI is InChI=1S/C24H26N2O/c27-18-9-11-23-21(15-18)20-13-16(8-10-22(20)26-23)14-24-19(7-4-12-25-24)17-5-2-1-3-6-17/h1-3,5-7,9,11,15-16,24-27H,4,8,10,12-14H2. The Balaban J connectivity index is 1.39. The maximum atomic E-state index is 9.91. The van der Waals surface area contributed by atoms with Gasteiger partial charge in [-0.3, -0.25) is 0 Å². The van der Waals surface area contributed by atoms with Gasteiger partial charge in [0, 0.05) is 22.6 Å². The van der Waals surface area contributed by atoms with Crippen LogP contribution in [0.1, 0.15) is 36.1 Å². The molecule has 2 atom stereocenters. The zero-order valence-corrected chi connectivity index (χ0v) is 15.5. The van der Waals surface area contributed by atoms with Gasteiger partial charge in [0.1, 0.15) is 5.75 Å². The molecule has 0 saturated heterocycles. The number of benzene rings is 2. The Morgan fingerprint density at radius 1 is 1.07 bits per heavy atom. The average molecular weight is 358 g/mol. The van der Waals surface area contributed by atoms with E-state index in [1.807, 2.05) is 12.1 Å². The highest BCUT2D eigenvalue weighted by Crippen LogP contribution is 2.36. The van der Waals surface area contributed by atoms with Crippen LogP contribution in [0.5, 0.6) is 5.75 Å². The van der Waals surface area contributed by atoms with Crippen molar-refractivity contribution in [3.8, 4) is 5.75 Å². The quantitative estimate of drug-likeness (QED) is 0.629. The van der Waals surface area contributed by atoms with Gasteiger partial charge in [0.15, 0.2) is 0 Å². The fourth-order valence-electron chi connectivity index (χ4n) is 4.91. The molecule has 2 aliphatic rings. The third kappa shape index (κ3) is 3.17. The summed E-state index contributed by atoms with van der Waals surface area (Å²) in [6, 6.07) is 16.9. The molecular formula is C24H26N2O. The van der Waals surface area contributed by atoms with Gasteiger partial charge < -0.3 is 15.4 Å². The summed E-state index contributed by atoms with van der Waals surface area (Å²) in [4.78, 5) is 3.56. The molecule has 0 fully saturated rings. The highest BCUT2D eigenvalue weighted by Gasteiger charge is 2.27. The number of phenolic OH excluding ortho intramolecular Hbond substituents is 1. The largest absolute Gasteiger partial charge is 0.508 e. The number of aromatic hydroxyl groups is 1. The molecule has 3 aromatic rings. The van der Waals surface area contributed by atoms with Gasteiger partial charge in [-0.1, -0.05) is 36.4 Å². The van der Waals surface area contributed by atoms with Crippen LogP contribution in [0.15, 0.2) is 54.6 Å². The smallest absolute Gasteiger partial charge is 0.116 e. The van der Waals surface area contributed by atoms with E-state index in [0.717, 1.165) is 31.3 Å². The molecule has 0 amide bonds. The third-order valence-electron chi connectivity index (χ3n) is 6.22. The third-order valence-corrected chi connectivity index (χ3v) is 6.22. The molecule has 3 N–H and O–H groups in total. The van der Waals surface area contributed by atoms with Gasteiger partial charge in [-0.25, -0.2) is 0 Å². The number of aryl methyl sites for hydroxylation is 1. The zero-order valence-electron chi connectivity index (χ0n) is 15.5. The molecule has 138 valence electrons. The monoisotopic (exact) mass is 358 g/mol. The molecule has 27 heavy (non-hydrogen) atoms. The van der Waals surface area contributed by atoms with Gasteiger partial charge in [-0.15, -0.1) is 0 Å². The first-order valence-corrected chi connectivity index (χ1v) is 10.1. The molecule has 2 unspecified atom stereocenters. The fraction of sp³-hybridized carbons (Fsp3) is 0.333. The molecule has 1 aliphatic carbocycles. The van der Waals surface area contributed by atoms with Crippen molar-refractivity contribution >= 4 is 16.5 Å². The molecular weight excluding hydrogens is 332 g/mol. The van der Waals surface area contributed by atoms with Gasteiger partial charge in [-0.2, -0.15) is 0 Å². The SMILES string of the molecule is Oc1ccc2[nH]c3c(c2c1)CC(CC1NCCC=C1c1ccccc1)CC3. The van der Waals surface area contributed by atoms with E-state index in [9.17, 15) is 5.11 Å². The zero-order chi connectivity index (χ0) is 18.2. The maximum absolute atomic E-state index is 9.91. The number of hydrogen-bond acceptors (Lipinski definition) is 2. The molecule has 0 bridgehead atoms. The summed E-state index contributed by atoms with van der Waals surface area (Å²) in [5, 5.41) is 14.9. The van der Waals surface area contributed by atoms with E-state index in [-0.39, 0.29) is 0 Å². The lowest BCUT2D eigenvalue weighted by Gasteiger charge is -2.31. The predicted molar refractivity (Wildman–Crippen MR) is 111 cm³/mol. The Kier molecular flexibility index (Phi) is 4.25. The number of H-pyrrole nitrogens is 1. The number of phenols is 1. The van der Waals surface area contributed by atoms with E-state index in [1.54, 1.807) is 6.07 Å². The van der Waals surface area contributed by atoms with Crippen LogP contribution in [0, 0.1) is 5.92 Å². The van der Waals surface area contributed by atoms with Crippen LogP contribution in [-0.2, 0) is 12.8 Å². The number of aromatic nitrogens is 1. The molecule has 0 saturated carbocycles. The lowest BCUT2D eigenvalue weighted by atomic mass is 9.80. The second-order valence-corrected chi connectivity index (χ2v) is 7.98. The van der Waals surface area contributed by atoms with Crippen LogP contribution in [0.2, 0.25) is 0 Å². The minimum Gasteiger partial charge on any atom is -0.508 e. The maximum Gasteiger partial charge on any atom is 0.116 e. The molecule has 3 heteroatoms. The van der Waals surface area contributed by atoms with E-state index in [0.29, 0.717) is 17.7 Å². The van der Waals surface area contributed by atoms with Gasteiger partial charge in [-0.05, 0) is 79.5 Å². The first-order chi connectivity index (χ1) is 13.3. The van der Waals surface area contributed by atoms with Gasteiger partial charge in [0.25, 0.3) is 0 Å². The Labute approximate surface area is 160 Å². The molecule has 2 heterocycles. The van der Waals surface area contributed by atoms with E-state index >= 15 is 0 Å². The van der Waals surface area contributed by atoms with Crippen molar-refractivity contribution < 1.29 is 5.11 Å². The van der Waals surface area contributed by atoms with E-state index in [4.69, 9.17) is 0 Å². The Hall–Kier alpha value is -2.52. The normalized spacial score (nSPS) is 22.4. The molecule has 0 radical (unpaired) electrons. The lowest BCUT2D eigenvalue weighted by molar-refractivity contribution is 0.383. The van der Waals surface area contributed by atoms with Gasteiger partial charge in [0.05, 0.1) is 0 Å². The van der Waals surface area contributed by atoms with Crippen molar-refractivity contribution in [2.45, 2.75) is 38.1 Å². The van der Waals surface area contributed by atoms with Crippen LogP contribution >= 0.6 is 0 Å². The lowest BCUT2D eigenvalue weighted by Crippen LogP contribution is -2.36. The first-order valence-electron chi connectivity index (χ1n) is 10.1.